The fraction of sp³-hybridized carbons (Fsp3) is 0.176. The van der Waals surface area contributed by atoms with E-state index in [1.165, 1.54) is 4.88 Å². The van der Waals surface area contributed by atoms with Crippen LogP contribution in [0.5, 0.6) is 0 Å². The Labute approximate surface area is 132 Å². The zero-order valence-corrected chi connectivity index (χ0v) is 12.8. The van der Waals surface area contributed by atoms with E-state index in [1.54, 1.807) is 11.3 Å². The summed E-state index contributed by atoms with van der Waals surface area (Å²) in [6.07, 6.45) is 4.81. The second-order valence-corrected chi connectivity index (χ2v) is 6.28. The van der Waals surface area contributed by atoms with Crippen LogP contribution in [0, 0.1) is 0 Å². The van der Waals surface area contributed by atoms with Crippen molar-refractivity contribution in [2.75, 3.05) is 6.54 Å². The summed E-state index contributed by atoms with van der Waals surface area (Å²) in [5.74, 6) is 0.0908. The number of hydrogen-bond donors (Lipinski definition) is 0. The second-order valence-electron chi connectivity index (χ2n) is 5.34. The molecular weight excluding hydrogens is 294 g/mol. The number of benzene rings is 1. The van der Waals surface area contributed by atoms with E-state index in [0.717, 1.165) is 29.9 Å². The van der Waals surface area contributed by atoms with Crippen LogP contribution in [0.2, 0.25) is 0 Å². The Morgan fingerprint density at radius 1 is 1.18 bits per heavy atom. The van der Waals surface area contributed by atoms with Gasteiger partial charge in [0.15, 0.2) is 0 Å². The minimum absolute atomic E-state index is 0.0908. The van der Waals surface area contributed by atoms with Gasteiger partial charge in [0.2, 0.25) is 0 Å². The van der Waals surface area contributed by atoms with Gasteiger partial charge in [-0.2, -0.15) is 0 Å². The number of thiazole rings is 1. The Hall–Kier alpha value is -2.40. The normalized spacial score (nSPS) is 13.9. The van der Waals surface area contributed by atoms with Crippen LogP contribution in [0.1, 0.15) is 20.9 Å². The number of carbonyl (C=O) groups is 1. The molecule has 0 saturated heterocycles. The number of carbonyl (C=O) groups excluding carboxylic acids is 1. The summed E-state index contributed by atoms with van der Waals surface area (Å²) in [4.78, 5) is 20.2. The highest BCUT2D eigenvalue weighted by Gasteiger charge is 2.23. The molecule has 0 aliphatic carbocycles. The van der Waals surface area contributed by atoms with Crippen LogP contribution in [-0.2, 0) is 13.0 Å². The lowest BCUT2D eigenvalue weighted by Crippen LogP contribution is -2.35. The molecule has 1 aromatic carbocycles. The fourth-order valence-corrected chi connectivity index (χ4v) is 3.61. The van der Waals surface area contributed by atoms with Crippen molar-refractivity contribution in [2.45, 2.75) is 13.0 Å². The maximum Gasteiger partial charge on any atom is 0.254 e. The molecule has 4 nitrogen and oxygen atoms in total. The van der Waals surface area contributed by atoms with Crippen molar-refractivity contribution < 1.29 is 4.79 Å². The van der Waals surface area contributed by atoms with Gasteiger partial charge in [0.05, 0.1) is 17.7 Å². The smallest absolute Gasteiger partial charge is 0.254 e. The Morgan fingerprint density at radius 3 is 2.91 bits per heavy atom. The van der Waals surface area contributed by atoms with Crippen LogP contribution in [0.4, 0.5) is 0 Å². The third-order valence-corrected chi connectivity index (χ3v) is 4.82. The third kappa shape index (κ3) is 2.33. The lowest BCUT2D eigenvalue weighted by molar-refractivity contribution is 0.0736. The molecular formula is C17H15N3OS. The van der Waals surface area contributed by atoms with Crippen molar-refractivity contribution in [3.63, 3.8) is 0 Å². The average molecular weight is 309 g/mol. The molecule has 110 valence electrons. The molecule has 1 amide bonds. The SMILES string of the molecule is O=C(c1cccc(-n2cccc2)c1)N1CCc2ncsc2C1. The van der Waals surface area contributed by atoms with Crippen LogP contribution < -0.4 is 0 Å². The molecule has 0 spiro atoms. The Morgan fingerprint density at radius 2 is 2.05 bits per heavy atom. The third-order valence-electron chi connectivity index (χ3n) is 3.96. The summed E-state index contributed by atoms with van der Waals surface area (Å²) < 4.78 is 2.01. The van der Waals surface area contributed by atoms with Crippen molar-refractivity contribution >= 4 is 17.2 Å². The van der Waals surface area contributed by atoms with Crippen molar-refractivity contribution in [1.29, 1.82) is 0 Å². The standard InChI is InChI=1S/C17H15N3OS/c21-17(20-9-6-15-16(11-20)22-12-18-15)13-4-3-5-14(10-13)19-7-1-2-8-19/h1-5,7-8,10,12H,6,9,11H2. The molecule has 0 atom stereocenters. The molecule has 3 aromatic rings. The van der Waals surface area contributed by atoms with Crippen molar-refractivity contribution in [2.24, 2.45) is 0 Å². The molecule has 22 heavy (non-hydrogen) atoms. The number of nitrogens with zero attached hydrogens (tertiary/aromatic N) is 3. The van der Waals surface area contributed by atoms with E-state index in [2.05, 4.69) is 4.98 Å². The number of fused-ring (bicyclic) bond motifs is 1. The predicted molar refractivity (Wildman–Crippen MR) is 86.3 cm³/mol. The molecule has 3 heterocycles. The summed E-state index contributed by atoms with van der Waals surface area (Å²) in [5, 5.41) is 0. The molecule has 0 bridgehead atoms. The summed E-state index contributed by atoms with van der Waals surface area (Å²) >= 11 is 1.63. The van der Waals surface area contributed by atoms with Gasteiger partial charge >= 0.3 is 0 Å². The number of aromatic nitrogens is 2. The fourth-order valence-electron chi connectivity index (χ4n) is 2.78. The zero-order chi connectivity index (χ0) is 14.9. The quantitative estimate of drug-likeness (QED) is 0.729. The van der Waals surface area contributed by atoms with E-state index >= 15 is 0 Å². The first-order valence-electron chi connectivity index (χ1n) is 7.25. The number of hydrogen-bond acceptors (Lipinski definition) is 3. The van der Waals surface area contributed by atoms with Gasteiger partial charge in [-0.15, -0.1) is 11.3 Å². The van der Waals surface area contributed by atoms with Gasteiger partial charge in [0.25, 0.3) is 5.91 Å². The molecule has 5 heteroatoms. The van der Waals surface area contributed by atoms with Crippen LogP contribution in [-0.4, -0.2) is 26.9 Å². The van der Waals surface area contributed by atoms with E-state index in [1.807, 2.05) is 63.8 Å². The highest BCUT2D eigenvalue weighted by molar-refractivity contribution is 7.09. The highest BCUT2D eigenvalue weighted by atomic mass is 32.1. The van der Waals surface area contributed by atoms with Crippen molar-refractivity contribution in [3.05, 3.63) is 70.4 Å². The van der Waals surface area contributed by atoms with Gasteiger partial charge in [0, 0.05) is 41.5 Å². The van der Waals surface area contributed by atoms with Crippen molar-refractivity contribution in [1.82, 2.24) is 14.5 Å². The highest BCUT2D eigenvalue weighted by Crippen LogP contribution is 2.23. The van der Waals surface area contributed by atoms with Crippen molar-refractivity contribution in [3.8, 4) is 5.69 Å². The molecule has 4 rings (SSSR count). The lowest BCUT2D eigenvalue weighted by Gasteiger charge is -2.26. The molecule has 0 saturated carbocycles. The molecule has 0 N–H and O–H groups in total. The van der Waals surface area contributed by atoms with Crippen LogP contribution >= 0.6 is 11.3 Å². The summed E-state index contributed by atoms with van der Waals surface area (Å²) in [6, 6.07) is 11.7. The monoisotopic (exact) mass is 309 g/mol. The predicted octanol–water partition coefficient (Wildman–Crippen LogP) is 3.13. The molecule has 0 radical (unpaired) electrons. The van der Waals surface area contributed by atoms with Crippen LogP contribution in [0.3, 0.4) is 0 Å². The van der Waals surface area contributed by atoms with E-state index in [4.69, 9.17) is 0 Å². The van der Waals surface area contributed by atoms with Gasteiger partial charge in [-0.1, -0.05) is 6.07 Å². The molecule has 1 aliphatic rings. The van der Waals surface area contributed by atoms with Crippen LogP contribution in [0.25, 0.3) is 5.69 Å². The Bertz CT molecular complexity index is 807. The van der Waals surface area contributed by atoms with Gasteiger partial charge in [-0.3, -0.25) is 4.79 Å². The second kappa shape index (κ2) is 5.42. The van der Waals surface area contributed by atoms with Gasteiger partial charge in [-0.25, -0.2) is 4.98 Å². The lowest BCUT2D eigenvalue weighted by atomic mass is 10.1. The van der Waals surface area contributed by atoms with E-state index in [0.29, 0.717) is 6.54 Å². The van der Waals surface area contributed by atoms with Crippen LogP contribution in [0.15, 0.2) is 54.3 Å². The summed E-state index contributed by atoms with van der Waals surface area (Å²) in [7, 11) is 0. The summed E-state index contributed by atoms with van der Waals surface area (Å²) in [6.45, 7) is 1.41. The Kier molecular flexibility index (Phi) is 3.27. The van der Waals surface area contributed by atoms with Gasteiger partial charge < -0.3 is 9.47 Å². The maximum absolute atomic E-state index is 12.8. The molecule has 0 fully saturated rings. The first-order chi connectivity index (χ1) is 10.8. The van der Waals surface area contributed by atoms with E-state index in [9.17, 15) is 4.79 Å². The first-order valence-corrected chi connectivity index (χ1v) is 8.13. The number of rotatable bonds is 2. The zero-order valence-electron chi connectivity index (χ0n) is 12.0. The summed E-state index contributed by atoms with van der Waals surface area (Å²) in [5.41, 5.74) is 4.76. The topological polar surface area (TPSA) is 38.1 Å². The van der Waals surface area contributed by atoms with Gasteiger partial charge in [-0.05, 0) is 30.3 Å². The van der Waals surface area contributed by atoms with E-state index < -0.39 is 0 Å². The van der Waals surface area contributed by atoms with E-state index in [-0.39, 0.29) is 5.91 Å². The number of amides is 1. The largest absolute Gasteiger partial charge is 0.333 e. The van der Waals surface area contributed by atoms with Gasteiger partial charge in [0.1, 0.15) is 0 Å². The Balaban J connectivity index is 1.60. The molecule has 0 unspecified atom stereocenters. The minimum Gasteiger partial charge on any atom is -0.333 e. The first kappa shape index (κ1) is 13.3. The molecule has 2 aromatic heterocycles. The minimum atomic E-state index is 0.0908. The maximum atomic E-state index is 12.8. The molecule has 1 aliphatic heterocycles. The average Bonchev–Trinajstić information content (AvgIpc) is 3.25.